The maximum Gasteiger partial charge on any atom is 0.472 e. The number of hydrogen-bond donors (Lipinski definition) is 3. The van der Waals surface area contributed by atoms with Crippen molar-refractivity contribution in [3.8, 4) is 0 Å². The van der Waals surface area contributed by atoms with Gasteiger partial charge in [-0.15, -0.1) is 0 Å². The Morgan fingerprint density at radius 3 is 0.689 bits per heavy atom. The molecular formula is C84H164O17P2. The van der Waals surface area contributed by atoms with Gasteiger partial charge in [-0.2, -0.15) is 0 Å². The van der Waals surface area contributed by atoms with Crippen molar-refractivity contribution in [1.82, 2.24) is 0 Å². The zero-order valence-corrected chi connectivity index (χ0v) is 69.3. The van der Waals surface area contributed by atoms with Gasteiger partial charge in [0.1, 0.15) is 19.3 Å². The normalized spacial score (nSPS) is 14.1. The van der Waals surface area contributed by atoms with E-state index in [0.29, 0.717) is 25.7 Å². The van der Waals surface area contributed by atoms with Crippen LogP contribution in [0.3, 0.4) is 0 Å². The third-order valence-corrected chi connectivity index (χ3v) is 22.0. The van der Waals surface area contributed by atoms with E-state index in [0.717, 1.165) is 95.8 Å². The monoisotopic (exact) mass is 1510 g/mol. The minimum Gasteiger partial charge on any atom is -0.462 e. The van der Waals surface area contributed by atoms with E-state index < -0.39 is 97.5 Å². The summed E-state index contributed by atoms with van der Waals surface area (Å²) in [4.78, 5) is 73.1. The lowest BCUT2D eigenvalue weighted by molar-refractivity contribution is -0.161. The lowest BCUT2D eigenvalue weighted by atomic mass is 9.99. The lowest BCUT2D eigenvalue weighted by Gasteiger charge is -2.21. The molecule has 3 unspecified atom stereocenters. The molecule has 0 fully saturated rings. The van der Waals surface area contributed by atoms with Gasteiger partial charge in [-0.05, 0) is 31.6 Å². The van der Waals surface area contributed by atoms with Gasteiger partial charge in [0.05, 0.1) is 26.4 Å². The number of ether oxygens (including phenoxy) is 4. The zero-order valence-electron chi connectivity index (χ0n) is 67.5. The zero-order chi connectivity index (χ0) is 75.5. The number of esters is 4. The number of rotatable bonds is 84. The summed E-state index contributed by atoms with van der Waals surface area (Å²) < 4.78 is 68.8. The Labute approximate surface area is 632 Å². The number of phosphoric acid groups is 2. The lowest BCUT2D eigenvalue weighted by Crippen LogP contribution is -2.30. The van der Waals surface area contributed by atoms with Crippen molar-refractivity contribution in [3.05, 3.63) is 0 Å². The first kappa shape index (κ1) is 101. The molecule has 17 nitrogen and oxygen atoms in total. The number of phosphoric ester groups is 2. The first-order valence-electron chi connectivity index (χ1n) is 43.7. The number of unbranched alkanes of at least 4 members (excludes halogenated alkanes) is 55. The highest BCUT2D eigenvalue weighted by atomic mass is 31.2. The Kier molecular flexibility index (Phi) is 75.4. The van der Waals surface area contributed by atoms with Gasteiger partial charge in [-0.3, -0.25) is 37.3 Å². The number of carbonyl (C=O) groups excluding carboxylic acids is 4. The predicted molar refractivity (Wildman–Crippen MR) is 423 cm³/mol. The predicted octanol–water partition coefficient (Wildman–Crippen LogP) is 25.6. The summed E-state index contributed by atoms with van der Waals surface area (Å²) in [7, 11) is -9.92. The van der Waals surface area contributed by atoms with Gasteiger partial charge in [0.2, 0.25) is 0 Å². The van der Waals surface area contributed by atoms with Gasteiger partial charge in [-0.25, -0.2) is 9.13 Å². The van der Waals surface area contributed by atoms with E-state index >= 15 is 0 Å². The van der Waals surface area contributed by atoms with Crippen LogP contribution in [-0.4, -0.2) is 96.7 Å². The van der Waals surface area contributed by atoms with Crippen LogP contribution in [0.15, 0.2) is 0 Å². The number of hydrogen-bond acceptors (Lipinski definition) is 15. The molecule has 0 aromatic rings. The number of aliphatic hydroxyl groups is 1. The summed E-state index contributed by atoms with van der Waals surface area (Å²) in [6.45, 7) is 7.39. The second kappa shape index (κ2) is 76.8. The molecule has 0 bridgehead atoms. The highest BCUT2D eigenvalue weighted by molar-refractivity contribution is 7.47. The second-order valence-electron chi connectivity index (χ2n) is 30.5. The van der Waals surface area contributed by atoms with Crippen LogP contribution < -0.4 is 0 Å². The molecule has 0 radical (unpaired) electrons. The summed E-state index contributed by atoms with van der Waals surface area (Å²) in [6.07, 6.45) is 69.3. The Hall–Kier alpha value is -1.94. The van der Waals surface area contributed by atoms with Crippen molar-refractivity contribution in [2.75, 3.05) is 39.6 Å². The molecule has 0 rings (SSSR count). The van der Waals surface area contributed by atoms with Crippen molar-refractivity contribution in [3.63, 3.8) is 0 Å². The fourth-order valence-electron chi connectivity index (χ4n) is 13.1. The largest absolute Gasteiger partial charge is 0.472 e. The van der Waals surface area contributed by atoms with E-state index in [1.807, 2.05) is 0 Å². The van der Waals surface area contributed by atoms with E-state index in [9.17, 15) is 43.2 Å². The first-order valence-corrected chi connectivity index (χ1v) is 46.7. The minimum absolute atomic E-state index is 0.109. The molecule has 0 heterocycles. The molecule has 0 aliphatic rings. The van der Waals surface area contributed by atoms with Crippen LogP contribution in [0.25, 0.3) is 0 Å². The van der Waals surface area contributed by atoms with Crippen LogP contribution >= 0.6 is 15.6 Å². The molecule has 0 saturated carbocycles. The molecule has 0 spiro atoms. The van der Waals surface area contributed by atoms with Crippen LogP contribution in [0.2, 0.25) is 0 Å². The first-order chi connectivity index (χ1) is 50.1. The molecule has 0 aliphatic carbocycles. The van der Waals surface area contributed by atoms with Crippen LogP contribution in [0.4, 0.5) is 0 Å². The molecule has 6 atom stereocenters. The SMILES string of the molecule is CCCCCCCCCCCCCCCCCCCCC(=O)OC[C@H](COP(=O)(O)OC[C@@H](O)COP(=O)(O)OC[C@@H](COC(=O)CCCCCCCCCCC)OC(=O)CCCCCCCCCCCCCCCCCCCC)OC(=O)CCCCCCCCCCCCCCCCC(C)CC. The van der Waals surface area contributed by atoms with Crippen LogP contribution in [0, 0.1) is 5.92 Å². The highest BCUT2D eigenvalue weighted by Crippen LogP contribution is 2.45. The Morgan fingerprint density at radius 1 is 0.272 bits per heavy atom. The fraction of sp³-hybridized carbons (Fsp3) is 0.952. The molecule has 0 saturated heterocycles. The molecule has 103 heavy (non-hydrogen) atoms. The van der Waals surface area contributed by atoms with E-state index in [2.05, 4.69) is 34.6 Å². The molecule has 0 amide bonds. The Bertz CT molecular complexity index is 1960. The average Bonchev–Trinajstić information content (AvgIpc) is 0.932. The van der Waals surface area contributed by atoms with Gasteiger partial charge in [0, 0.05) is 25.7 Å². The highest BCUT2D eigenvalue weighted by Gasteiger charge is 2.30. The summed E-state index contributed by atoms with van der Waals surface area (Å²) in [5.41, 5.74) is 0. The smallest absolute Gasteiger partial charge is 0.462 e. The van der Waals surface area contributed by atoms with E-state index in [-0.39, 0.29) is 25.7 Å². The summed E-state index contributed by atoms with van der Waals surface area (Å²) in [5, 5.41) is 10.7. The van der Waals surface area contributed by atoms with Gasteiger partial charge in [0.25, 0.3) is 0 Å². The third kappa shape index (κ3) is 76.6. The number of carbonyl (C=O) groups is 4. The molecular weight excluding hydrogens is 1340 g/mol. The molecule has 0 aliphatic heterocycles. The maximum absolute atomic E-state index is 13.1. The second-order valence-corrected chi connectivity index (χ2v) is 33.4. The van der Waals surface area contributed by atoms with E-state index in [4.69, 9.17) is 37.0 Å². The van der Waals surface area contributed by atoms with Crippen molar-refractivity contribution in [2.24, 2.45) is 5.92 Å². The average molecular weight is 1510 g/mol. The standard InChI is InChI=1S/C84H164O17P2/c1-6-10-13-16-19-22-24-26-28-30-32-34-39-43-48-53-58-63-68-82(87)95-74-80(101-84(89)70-65-60-55-50-45-41-37-36-38-42-47-51-56-61-66-77(5)9-4)76-99-103(92,93)97-72-78(85)71-96-102(90,91)98-75-79(73-94-81(86)67-62-57-52-46-21-18-15-12-8-3)100-83(88)69-64-59-54-49-44-40-35-33-31-29-27-25-23-20-17-14-11-7-2/h77-80,85H,6-76H2,1-5H3,(H,90,91)(H,92,93)/t77?,78-,79+,80+/m0/s1. The summed E-state index contributed by atoms with van der Waals surface area (Å²) in [5.74, 6) is -1.26. The van der Waals surface area contributed by atoms with Crippen LogP contribution in [0.1, 0.15) is 452 Å². The molecule has 612 valence electrons. The molecule has 3 N–H and O–H groups in total. The quantitative estimate of drug-likeness (QED) is 0.0222. The summed E-state index contributed by atoms with van der Waals surface area (Å²) in [6, 6.07) is 0. The molecule has 0 aromatic heterocycles. The summed E-state index contributed by atoms with van der Waals surface area (Å²) >= 11 is 0. The van der Waals surface area contributed by atoms with Crippen LogP contribution in [-0.2, 0) is 65.4 Å². The Balaban J connectivity index is 5.21. The minimum atomic E-state index is -4.96. The van der Waals surface area contributed by atoms with Crippen molar-refractivity contribution < 1.29 is 80.2 Å². The Morgan fingerprint density at radius 2 is 0.466 bits per heavy atom. The van der Waals surface area contributed by atoms with Crippen molar-refractivity contribution >= 4 is 39.5 Å². The van der Waals surface area contributed by atoms with Gasteiger partial charge in [0.15, 0.2) is 12.2 Å². The van der Waals surface area contributed by atoms with E-state index in [1.54, 1.807) is 0 Å². The maximum atomic E-state index is 13.1. The van der Waals surface area contributed by atoms with E-state index in [1.165, 1.54) is 276 Å². The van der Waals surface area contributed by atoms with Gasteiger partial charge >= 0.3 is 39.5 Å². The fourth-order valence-corrected chi connectivity index (χ4v) is 14.7. The molecule has 19 heteroatoms. The van der Waals surface area contributed by atoms with Crippen LogP contribution in [0.5, 0.6) is 0 Å². The third-order valence-electron chi connectivity index (χ3n) is 20.1. The van der Waals surface area contributed by atoms with Gasteiger partial charge < -0.3 is 33.8 Å². The van der Waals surface area contributed by atoms with Crippen molar-refractivity contribution in [1.29, 1.82) is 0 Å². The van der Waals surface area contributed by atoms with Gasteiger partial charge in [-0.1, -0.05) is 401 Å². The topological polar surface area (TPSA) is 237 Å². The molecule has 0 aromatic carbocycles. The van der Waals surface area contributed by atoms with Crippen molar-refractivity contribution in [2.45, 2.75) is 470 Å². The number of aliphatic hydroxyl groups excluding tert-OH is 1.